The molecule has 2 rings (SSSR count). The second-order valence-electron chi connectivity index (χ2n) is 3.57. The third-order valence-corrected chi connectivity index (χ3v) is 4.73. The Kier molecular flexibility index (Phi) is 2.94. The van der Waals surface area contributed by atoms with E-state index in [1.54, 1.807) is 0 Å². The van der Waals surface area contributed by atoms with Crippen molar-refractivity contribution in [1.29, 1.82) is 0 Å². The summed E-state index contributed by atoms with van der Waals surface area (Å²) >= 11 is 1.10. The average molecular weight is 257 g/mol. The van der Waals surface area contributed by atoms with Crippen LogP contribution in [0.4, 0.5) is 0 Å². The monoisotopic (exact) mass is 257 g/mol. The Morgan fingerprint density at radius 1 is 1.38 bits per heavy atom. The van der Waals surface area contributed by atoms with Gasteiger partial charge < -0.3 is 4.74 Å². The van der Waals surface area contributed by atoms with Gasteiger partial charge in [0.2, 0.25) is 0 Å². The number of thioether (sulfide) groups is 1. The highest BCUT2D eigenvalue weighted by molar-refractivity contribution is 8.24. The molecule has 0 aromatic heterocycles. The highest BCUT2D eigenvalue weighted by Crippen LogP contribution is 2.25. The fourth-order valence-electron chi connectivity index (χ4n) is 1.25. The van der Waals surface area contributed by atoms with E-state index >= 15 is 0 Å². The van der Waals surface area contributed by atoms with E-state index in [1.807, 2.05) is 32.0 Å². The quantitative estimate of drug-likeness (QED) is 0.773. The van der Waals surface area contributed by atoms with Gasteiger partial charge >= 0.3 is 0 Å². The Balaban J connectivity index is 2.25. The van der Waals surface area contributed by atoms with Crippen LogP contribution in [0.5, 0.6) is 5.75 Å². The lowest BCUT2D eigenvalue weighted by Crippen LogP contribution is -2.02. The summed E-state index contributed by atoms with van der Waals surface area (Å²) in [6.45, 7) is 3.86. The molecule has 0 unspecified atom stereocenters. The maximum atomic E-state index is 11.1. The standard InChI is InChI=1S/C10H11NO3S2/c1-7-3-4-8(2)9(5-7)14-10-11-16(12,13)6-15-10/h3-5H,6H2,1-2H3. The predicted octanol–water partition coefficient (Wildman–Crippen LogP) is 2.07. The molecule has 0 atom stereocenters. The van der Waals surface area contributed by atoms with Crippen LogP contribution in [0.3, 0.4) is 0 Å². The van der Waals surface area contributed by atoms with E-state index in [0.717, 1.165) is 22.9 Å². The van der Waals surface area contributed by atoms with Crippen molar-refractivity contribution in [3.8, 4) is 5.75 Å². The zero-order valence-corrected chi connectivity index (χ0v) is 10.6. The van der Waals surface area contributed by atoms with Crippen molar-refractivity contribution in [1.82, 2.24) is 0 Å². The summed E-state index contributed by atoms with van der Waals surface area (Å²) < 4.78 is 31.2. The largest absolute Gasteiger partial charge is 0.433 e. The van der Waals surface area contributed by atoms with Crippen LogP contribution in [-0.2, 0) is 10.0 Å². The molecule has 0 saturated carbocycles. The fourth-order valence-corrected chi connectivity index (χ4v) is 3.42. The molecule has 0 radical (unpaired) electrons. The molecule has 86 valence electrons. The molecule has 16 heavy (non-hydrogen) atoms. The number of ether oxygens (including phenoxy) is 1. The van der Waals surface area contributed by atoms with E-state index in [0.29, 0.717) is 5.75 Å². The fraction of sp³-hybridized carbons (Fsp3) is 0.300. The van der Waals surface area contributed by atoms with Crippen LogP contribution >= 0.6 is 11.8 Å². The Morgan fingerprint density at radius 2 is 2.12 bits per heavy atom. The molecular formula is C10H11NO3S2. The second-order valence-corrected chi connectivity index (χ2v) is 6.50. The number of sulfonamides is 1. The summed E-state index contributed by atoms with van der Waals surface area (Å²) in [6.07, 6.45) is 0. The van der Waals surface area contributed by atoms with Gasteiger partial charge in [-0.05, 0) is 42.8 Å². The van der Waals surface area contributed by atoms with Crippen molar-refractivity contribution in [3.63, 3.8) is 0 Å². The SMILES string of the molecule is Cc1ccc(C)c(OC2=NS(=O)(=O)CS2)c1. The molecule has 0 aliphatic carbocycles. The number of benzene rings is 1. The van der Waals surface area contributed by atoms with Crippen LogP contribution in [0, 0.1) is 13.8 Å². The number of hydrogen-bond acceptors (Lipinski definition) is 4. The molecule has 0 spiro atoms. The van der Waals surface area contributed by atoms with Crippen molar-refractivity contribution in [2.75, 3.05) is 5.08 Å². The van der Waals surface area contributed by atoms with Gasteiger partial charge in [0.25, 0.3) is 15.3 Å². The van der Waals surface area contributed by atoms with Gasteiger partial charge in [0, 0.05) is 0 Å². The number of aryl methyl sites for hydroxylation is 2. The number of hydrogen-bond donors (Lipinski definition) is 0. The summed E-state index contributed by atoms with van der Waals surface area (Å²) in [6, 6.07) is 5.77. The Labute approximate surface area is 98.8 Å². The first kappa shape index (κ1) is 11.5. The van der Waals surface area contributed by atoms with E-state index in [-0.39, 0.29) is 10.3 Å². The summed E-state index contributed by atoms with van der Waals surface area (Å²) in [7, 11) is -3.31. The highest BCUT2D eigenvalue weighted by atomic mass is 32.3. The van der Waals surface area contributed by atoms with Gasteiger partial charge in [-0.1, -0.05) is 12.1 Å². The van der Waals surface area contributed by atoms with Crippen LogP contribution in [0.2, 0.25) is 0 Å². The first-order valence-electron chi connectivity index (χ1n) is 4.67. The van der Waals surface area contributed by atoms with Crippen LogP contribution < -0.4 is 4.74 Å². The molecular weight excluding hydrogens is 246 g/mol. The summed E-state index contributed by atoms with van der Waals surface area (Å²) in [5.41, 5.74) is 2.02. The van der Waals surface area contributed by atoms with Gasteiger partial charge in [-0.25, -0.2) is 8.42 Å². The highest BCUT2D eigenvalue weighted by Gasteiger charge is 2.23. The van der Waals surface area contributed by atoms with Gasteiger partial charge in [-0.15, -0.1) is 4.40 Å². The number of nitrogens with zero attached hydrogens (tertiary/aromatic N) is 1. The minimum absolute atomic E-state index is 0.0345. The van der Waals surface area contributed by atoms with Crippen molar-refractivity contribution in [3.05, 3.63) is 29.3 Å². The molecule has 0 N–H and O–H groups in total. The normalized spacial score (nSPS) is 18.2. The topological polar surface area (TPSA) is 55.7 Å². The maximum Gasteiger partial charge on any atom is 0.268 e. The lowest BCUT2D eigenvalue weighted by Gasteiger charge is -2.07. The Hall–Kier alpha value is -1.01. The van der Waals surface area contributed by atoms with E-state index < -0.39 is 10.0 Å². The number of rotatable bonds is 1. The minimum atomic E-state index is -3.31. The minimum Gasteiger partial charge on any atom is -0.433 e. The smallest absolute Gasteiger partial charge is 0.268 e. The van der Waals surface area contributed by atoms with E-state index in [9.17, 15) is 8.42 Å². The molecule has 1 aromatic carbocycles. The Morgan fingerprint density at radius 3 is 2.75 bits per heavy atom. The maximum absolute atomic E-state index is 11.1. The van der Waals surface area contributed by atoms with Crippen molar-refractivity contribution in [2.24, 2.45) is 4.40 Å². The van der Waals surface area contributed by atoms with Gasteiger partial charge in [0.05, 0.1) is 0 Å². The molecule has 1 aromatic rings. The van der Waals surface area contributed by atoms with E-state index in [2.05, 4.69) is 4.40 Å². The van der Waals surface area contributed by atoms with Crippen molar-refractivity contribution < 1.29 is 13.2 Å². The molecule has 0 fully saturated rings. The van der Waals surface area contributed by atoms with Crippen LogP contribution in [0.15, 0.2) is 22.6 Å². The Bertz CT molecular complexity index is 549. The molecule has 1 aliphatic heterocycles. The molecule has 0 saturated heterocycles. The van der Waals surface area contributed by atoms with Crippen LogP contribution in [0.25, 0.3) is 0 Å². The average Bonchev–Trinajstić information content (AvgIpc) is 2.52. The van der Waals surface area contributed by atoms with Crippen LogP contribution in [-0.4, -0.2) is 18.7 Å². The van der Waals surface area contributed by atoms with E-state index in [1.165, 1.54) is 0 Å². The predicted molar refractivity (Wildman–Crippen MR) is 65.4 cm³/mol. The van der Waals surface area contributed by atoms with Gasteiger partial charge in [0.1, 0.15) is 10.8 Å². The lowest BCUT2D eigenvalue weighted by atomic mass is 10.1. The summed E-state index contributed by atoms with van der Waals surface area (Å²) in [5, 5.41) is 0.168. The molecule has 1 heterocycles. The zero-order chi connectivity index (χ0) is 11.8. The van der Waals surface area contributed by atoms with Gasteiger partial charge in [-0.3, -0.25) is 0 Å². The van der Waals surface area contributed by atoms with Crippen molar-refractivity contribution in [2.45, 2.75) is 13.8 Å². The molecule has 4 nitrogen and oxygen atoms in total. The second kappa shape index (κ2) is 4.10. The van der Waals surface area contributed by atoms with Crippen molar-refractivity contribution >= 4 is 27.0 Å². The summed E-state index contributed by atoms with van der Waals surface area (Å²) in [5.74, 6) is 0.656. The molecule has 0 amide bonds. The molecule has 0 bridgehead atoms. The zero-order valence-electron chi connectivity index (χ0n) is 8.93. The molecule has 6 heteroatoms. The third kappa shape index (κ3) is 2.56. The third-order valence-electron chi connectivity index (χ3n) is 2.09. The van der Waals surface area contributed by atoms with Gasteiger partial charge in [-0.2, -0.15) is 0 Å². The van der Waals surface area contributed by atoms with E-state index in [4.69, 9.17) is 4.74 Å². The first-order chi connectivity index (χ1) is 7.46. The van der Waals surface area contributed by atoms with Crippen LogP contribution in [0.1, 0.15) is 11.1 Å². The lowest BCUT2D eigenvalue weighted by molar-refractivity contribution is 0.561. The molecule has 1 aliphatic rings. The van der Waals surface area contributed by atoms with Gasteiger partial charge in [0.15, 0.2) is 0 Å². The first-order valence-corrected chi connectivity index (χ1v) is 7.26. The summed E-state index contributed by atoms with van der Waals surface area (Å²) in [4.78, 5) is 0.